The van der Waals surface area contributed by atoms with Crippen molar-refractivity contribution in [1.29, 1.82) is 0 Å². The number of pyridine rings is 1. The fourth-order valence-corrected chi connectivity index (χ4v) is 4.83. The third kappa shape index (κ3) is 3.93. The summed E-state index contributed by atoms with van der Waals surface area (Å²) in [4.78, 5) is 16.8. The molecule has 1 aromatic carbocycles. The van der Waals surface area contributed by atoms with Gasteiger partial charge in [0.2, 0.25) is 5.88 Å². The van der Waals surface area contributed by atoms with Gasteiger partial charge in [0.1, 0.15) is 0 Å². The molecule has 6 nitrogen and oxygen atoms in total. The fourth-order valence-electron chi connectivity index (χ4n) is 3.36. The van der Waals surface area contributed by atoms with E-state index in [1.54, 1.807) is 13.3 Å². The van der Waals surface area contributed by atoms with Gasteiger partial charge >= 0.3 is 6.03 Å². The van der Waals surface area contributed by atoms with Crippen molar-refractivity contribution in [1.82, 2.24) is 9.71 Å². The Morgan fingerprint density at radius 2 is 2.14 bits per heavy atom. The maximum absolute atomic E-state index is 12.6. The molecule has 2 heterocycles. The first-order valence-corrected chi connectivity index (χ1v) is 10.5. The minimum absolute atomic E-state index is 0.264. The van der Waals surface area contributed by atoms with Gasteiger partial charge in [0, 0.05) is 17.8 Å². The van der Waals surface area contributed by atoms with Crippen molar-refractivity contribution >= 4 is 40.0 Å². The van der Waals surface area contributed by atoms with E-state index in [-0.39, 0.29) is 6.03 Å². The standard InChI is InChI=1S/C20H20N4O2S2/c1-26-17-11-13(9-10-22-17)15-6-5-12-3-2-4-14(12)19(15)23-20(25)24-28-18-8-7-16(21)27-18/h5-11H,2-4,21H2,1H3,(H2,23,24,25). The number of hydrogen-bond donors (Lipinski definition) is 3. The zero-order valence-corrected chi connectivity index (χ0v) is 17.0. The molecule has 1 aliphatic carbocycles. The molecule has 0 spiro atoms. The molecule has 144 valence electrons. The van der Waals surface area contributed by atoms with Crippen LogP contribution in [0.5, 0.6) is 5.88 Å². The fraction of sp³-hybridized carbons (Fsp3) is 0.200. The Hall–Kier alpha value is -2.71. The Kier molecular flexibility index (Phi) is 5.40. The van der Waals surface area contributed by atoms with Gasteiger partial charge in [-0.2, -0.15) is 0 Å². The minimum atomic E-state index is -0.264. The molecule has 0 radical (unpaired) electrons. The Bertz CT molecular complexity index is 1020. The van der Waals surface area contributed by atoms with Crippen molar-refractivity contribution in [2.24, 2.45) is 0 Å². The highest BCUT2D eigenvalue weighted by molar-refractivity contribution is 7.99. The SMILES string of the molecule is COc1cc(-c2ccc3c(c2NC(=O)NSc2ccc(N)s2)CCC3)ccn1. The molecule has 0 aliphatic heterocycles. The predicted molar refractivity (Wildman–Crippen MR) is 115 cm³/mol. The van der Waals surface area contributed by atoms with Crippen LogP contribution in [0.25, 0.3) is 11.1 Å². The molecule has 0 saturated carbocycles. The highest BCUT2D eigenvalue weighted by Crippen LogP contribution is 2.38. The third-order valence-electron chi connectivity index (χ3n) is 4.62. The van der Waals surface area contributed by atoms with Gasteiger partial charge in [-0.3, -0.25) is 4.72 Å². The first kappa shape index (κ1) is 18.6. The molecule has 28 heavy (non-hydrogen) atoms. The number of ether oxygens (including phenoxy) is 1. The summed E-state index contributed by atoms with van der Waals surface area (Å²) in [7, 11) is 1.59. The van der Waals surface area contributed by atoms with Gasteiger partial charge in [-0.1, -0.05) is 12.1 Å². The number of methoxy groups -OCH3 is 1. The first-order chi connectivity index (χ1) is 13.6. The summed E-state index contributed by atoms with van der Waals surface area (Å²) >= 11 is 2.69. The highest BCUT2D eigenvalue weighted by atomic mass is 32.2. The number of urea groups is 1. The molecule has 0 saturated heterocycles. The van der Waals surface area contributed by atoms with Crippen LogP contribution in [-0.2, 0) is 12.8 Å². The van der Waals surface area contributed by atoms with E-state index in [0.717, 1.165) is 45.3 Å². The van der Waals surface area contributed by atoms with Gasteiger partial charge in [-0.05, 0) is 66.1 Å². The second kappa shape index (κ2) is 8.12. The molecule has 0 fully saturated rings. The molecular weight excluding hydrogens is 392 g/mol. The number of benzene rings is 1. The maximum atomic E-state index is 12.6. The van der Waals surface area contributed by atoms with Crippen LogP contribution in [0.1, 0.15) is 17.5 Å². The predicted octanol–water partition coefficient (Wildman–Crippen LogP) is 4.72. The number of nitrogens with one attached hydrogen (secondary N) is 2. The van der Waals surface area contributed by atoms with Gasteiger partial charge in [-0.15, -0.1) is 11.3 Å². The average molecular weight is 413 g/mol. The van der Waals surface area contributed by atoms with E-state index < -0.39 is 0 Å². The summed E-state index contributed by atoms with van der Waals surface area (Å²) in [5.41, 5.74) is 11.0. The van der Waals surface area contributed by atoms with E-state index in [1.165, 1.54) is 34.4 Å². The summed E-state index contributed by atoms with van der Waals surface area (Å²) in [6.07, 6.45) is 4.80. The normalized spacial score (nSPS) is 12.5. The lowest BCUT2D eigenvalue weighted by Crippen LogP contribution is -2.23. The Labute approximate surface area is 171 Å². The molecular formula is C20H20N4O2S2. The molecule has 2 aromatic heterocycles. The van der Waals surface area contributed by atoms with E-state index >= 15 is 0 Å². The Morgan fingerprint density at radius 3 is 2.93 bits per heavy atom. The highest BCUT2D eigenvalue weighted by Gasteiger charge is 2.20. The number of anilines is 2. The van der Waals surface area contributed by atoms with Crippen molar-refractivity contribution < 1.29 is 9.53 Å². The lowest BCUT2D eigenvalue weighted by atomic mass is 9.98. The number of carbonyl (C=O) groups is 1. The van der Waals surface area contributed by atoms with Gasteiger partial charge < -0.3 is 15.8 Å². The molecule has 0 unspecified atom stereocenters. The number of rotatable bonds is 5. The molecule has 4 N–H and O–H groups in total. The molecule has 0 bridgehead atoms. The number of nitrogens with zero attached hydrogens (tertiary/aromatic N) is 1. The molecule has 8 heteroatoms. The van der Waals surface area contributed by atoms with Crippen LogP contribution >= 0.6 is 23.3 Å². The van der Waals surface area contributed by atoms with Crippen molar-refractivity contribution in [2.75, 3.05) is 18.2 Å². The average Bonchev–Trinajstić information content (AvgIpc) is 3.35. The van der Waals surface area contributed by atoms with Crippen molar-refractivity contribution in [3.63, 3.8) is 0 Å². The van der Waals surface area contributed by atoms with E-state index in [0.29, 0.717) is 5.88 Å². The zero-order valence-electron chi connectivity index (χ0n) is 15.3. The maximum Gasteiger partial charge on any atom is 0.329 e. The van der Waals surface area contributed by atoms with E-state index in [1.807, 2.05) is 24.3 Å². The van der Waals surface area contributed by atoms with Crippen molar-refractivity contribution in [3.8, 4) is 17.0 Å². The Balaban J connectivity index is 1.61. The van der Waals surface area contributed by atoms with Gasteiger partial charge in [0.15, 0.2) is 0 Å². The number of amides is 2. The van der Waals surface area contributed by atoms with Crippen LogP contribution < -0.4 is 20.5 Å². The van der Waals surface area contributed by atoms with E-state index in [9.17, 15) is 4.79 Å². The van der Waals surface area contributed by atoms with Crippen LogP contribution in [0.2, 0.25) is 0 Å². The number of fused-ring (bicyclic) bond motifs is 1. The molecule has 3 aromatic rings. The zero-order chi connectivity index (χ0) is 19.5. The largest absolute Gasteiger partial charge is 0.481 e. The number of nitrogens with two attached hydrogens (primary N) is 1. The lowest BCUT2D eigenvalue weighted by Gasteiger charge is -2.16. The molecule has 4 rings (SSSR count). The number of carbonyl (C=O) groups excluding carboxylic acids is 1. The van der Waals surface area contributed by atoms with E-state index in [4.69, 9.17) is 10.5 Å². The minimum Gasteiger partial charge on any atom is -0.481 e. The van der Waals surface area contributed by atoms with Crippen LogP contribution in [0.15, 0.2) is 46.8 Å². The summed E-state index contributed by atoms with van der Waals surface area (Å²) in [6.45, 7) is 0. The number of aromatic nitrogens is 1. The number of nitrogen functional groups attached to an aromatic ring is 1. The first-order valence-electron chi connectivity index (χ1n) is 8.88. The summed E-state index contributed by atoms with van der Waals surface area (Å²) in [5, 5.41) is 3.79. The van der Waals surface area contributed by atoms with Crippen LogP contribution in [0.4, 0.5) is 15.5 Å². The van der Waals surface area contributed by atoms with Gasteiger partial charge in [0.25, 0.3) is 0 Å². The molecule has 2 amide bonds. The summed E-state index contributed by atoms with van der Waals surface area (Å²) in [5.74, 6) is 0.541. The van der Waals surface area contributed by atoms with Gasteiger partial charge in [0.05, 0.1) is 22.0 Å². The number of thiophene rings is 1. The number of hydrogen-bond acceptors (Lipinski definition) is 6. The summed E-state index contributed by atoms with van der Waals surface area (Å²) < 4.78 is 9.03. The van der Waals surface area contributed by atoms with Crippen LogP contribution in [-0.4, -0.2) is 18.1 Å². The Morgan fingerprint density at radius 1 is 1.25 bits per heavy atom. The smallest absolute Gasteiger partial charge is 0.329 e. The van der Waals surface area contributed by atoms with Crippen molar-refractivity contribution in [2.45, 2.75) is 23.5 Å². The quantitative estimate of drug-likeness (QED) is 0.528. The molecule has 1 aliphatic rings. The van der Waals surface area contributed by atoms with Gasteiger partial charge in [-0.25, -0.2) is 9.78 Å². The third-order valence-corrected chi connectivity index (χ3v) is 6.46. The second-order valence-corrected chi connectivity index (χ2v) is 8.60. The van der Waals surface area contributed by atoms with Crippen molar-refractivity contribution in [3.05, 3.63) is 53.7 Å². The topological polar surface area (TPSA) is 89.3 Å². The summed E-state index contributed by atoms with van der Waals surface area (Å²) in [6, 6.07) is 11.5. The number of aryl methyl sites for hydroxylation is 1. The molecule has 0 atom stereocenters. The van der Waals surface area contributed by atoms with Crippen LogP contribution in [0, 0.1) is 0 Å². The monoisotopic (exact) mass is 412 g/mol. The lowest BCUT2D eigenvalue weighted by molar-refractivity contribution is 0.257. The van der Waals surface area contributed by atoms with E-state index in [2.05, 4.69) is 27.2 Å². The van der Waals surface area contributed by atoms with Crippen LogP contribution in [0.3, 0.4) is 0 Å². The second-order valence-electron chi connectivity index (χ2n) is 6.38.